The van der Waals surface area contributed by atoms with Crippen LogP contribution in [-0.2, 0) is 6.42 Å². The van der Waals surface area contributed by atoms with Crippen LogP contribution in [0, 0.1) is 5.82 Å². The summed E-state index contributed by atoms with van der Waals surface area (Å²) >= 11 is 0. The fraction of sp³-hybridized carbons (Fsp3) is 0.231. The molecule has 2 rings (SSSR count). The van der Waals surface area contributed by atoms with Gasteiger partial charge in [0.1, 0.15) is 5.82 Å². The maximum absolute atomic E-state index is 13.1. The van der Waals surface area contributed by atoms with Crippen LogP contribution in [0.4, 0.5) is 4.39 Å². The Labute approximate surface area is 105 Å². The minimum atomic E-state index is -0.353. The second-order valence-corrected chi connectivity index (χ2v) is 4.06. The number of nitrogens with two attached hydrogens (primary N) is 1. The molecule has 0 saturated carbocycles. The Balaban J connectivity index is 2.02. The van der Waals surface area contributed by atoms with Gasteiger partial charge in [-0.2, -0.15) is 0 Å². The van der Waals surface area contributed by atoms with Crippen LogP contribution in [0.5, 0.6) is 0 Å². The highest BCUT2D eigenvalue weighted by Gasteiger charge is 2.11. The zero-order valence-corrected chi connectivity index (χ0v) is 9.88. The lowest BCUT2D eigenvalue weighted by Crippen LogP contribution is -2.28. The molecule has 0 aliphatic carbocycles. The summed E-state index contributed by atoms with van der Waals surface area (Å²) in [6.45, 7) is 0. The van der Waals surface area contributed by atoms with Crippen molar-refractivity contribution >= 4 is 0 Å². The first-order valence-electron chi connectivity index (χ1n) is 5.75. The molecule has 3 N–H and O–H groups in total. The molecule has 2 heterocycles. The molecule has 94 valence electrons. The van der Waals surface area contributed by atoms with Crippen molar-refractivity contribution in [2.75, 3.05) is 0 Å². The number of rotatable bonds is 5. The van der Waals surface area contributed by atoms with Crippen LogP contribution in [0.1, 0.15) is 23.6 Å². The van der Waals surface area contributed by atoms with Gasteiger partial charge in [-0.25, -0.2) is 4.39 Å². The second-order valence-electron chi connectivity index (χ2n) is 4.06. The number of pyridine rings is 2. The smallest absolute Gasteiger partial charge is 0.141 e. The van der Waals surface area contributed by atoms with Crippen LogP contribution in [0.2, 0.25) is 0 Å². The van der Waals surface area contributed by atoms with Gasteiger partial charge in [0.05, 0.1) is 6.20 Å². The average Bonchev–Trinajstić information content (AvgIpc) is 2.41. The van der Waals surface area contributed by atoms with Crippen LogP contribution in [0.25, 0.3) is 0 Å². The second kappa shape index (κ2) is 6.18. The molecule has 1 atom stereocenters. The molecule has 0 fully saturated rings. The number of halogens is 1. The fourth-order valence-electron chi connectivity index (χ4n) is 1.82. The largest absolute Gasteiger partial charge is 0.271 e. The molecule has 4 nitrogen and oxygen atoms in total. The maximum atomic E-state index is 13.1. The number of hydrogen-bond acceptors (Lipinski definition) is 4. The minimum Gasteiger partial charge on any atom is -0.271 e. The van der Waals surface area contributed by atoms with Gasteiger partial charge in [-0.15, -0.1) is 0 Å². The Bertz CT molecular complexity index is 489. The standard InChI is InChI=1S/C13H15FN4/c14-12-6-11(8-17-9-12)13(18-15)4-3-10-2-1-5-16-7-10/h1-2,5-9,13,18H,3-4,15H2. The molecule has 0 saturated heterocycles. The third kappa shape index (κ3) is 3.32. The topological polar surface area (TPSA) is 63.8 Å². The lowest BCUT2D eigenvalue weighted by molar-refractivity contribution is 0.509. The lowest BCUT2D eigenvalue weighted by Gasteiger charge is -2.15. The normalized spacial score (nSPS) is 12.3. The molecule has 0 aliphatic heterocycles. The maximum Gasteiger partial charge on any atom is 0.141 e. The van der Waals surface area contributed by atoms with Gasteiger partial charge in [-0.1, -0.05) is 6.07 Å². The third-order valence-electron chi connectivity index (χ3n) is 2.77. The van der Waals surface area contributed by atoms with E-state index in [0.29, 0.717) is 0 Å². The highest BCUT2D eigenvalue weighted by atomic mass is 19.1. The van der Waals surface area contributed by atoms with Crippen molar-refractivity contribution in [2.45, 2.75) is 18.9 Å². The molecule has 0 bridgehead atoms. The molecule has 0 aromatic carbocycles. The molecule has 5 heteroatoms. The van der Waals surface area contributed by atoms with Crippen molar-refractivity contribution in [1.29, 1.82) is 0 Å². The van der Waals surface area contributed by atoms with Gasteiger partial charge in [-0.3, -0.25) is 21.2 Å². The Hall–Kier alpha value is -1.85. The number of nitrogens with one attached hydrogen (secondary N) is 1. The summed E-state index contributed by atoms with van der Waals surface area (Å²) in [5, 5.41) is 0. The number of nitrogens with zero attached hydrogens (tertiary/aromatic N) is 2. The summed E-state index contributed by atoms with van der Waals surface area (Å²) in [5.41, 5.74) is 4.57. The van der Waals surface area contributed by atoms with Crippen LogP contribution >= 0.6 is 0 Å². The van der Waals surface area contributed by atoms with Crippen LogP contribution in [0.3, 0.4) is 0 Å². The molecule has 0 spiro atoms. The van der Waals surface area contributed by atoms with Gasteiger partial charge in [0, 0.05) is 24.6 Å². The fourth-order valence-corrected chi connectivity index (χ4v) is 1.82. The van der Waals surface area contributed by atoms with Crippen LogP contribution in [0.15, 0.2) is 43.0 Å². The highest BCUT2D eigenvalue weighted by molar-refractivity contribution is 5.16. The van der Waals surface area contributed by atoms with Crippen molar-refractivity contribution < 1.29 is 4.39 Å². The van der Waals surface area contributed by atoms with Gasteiger partial charge < -0.3 is 0 Å². The average molecular weight is 246 g/mol. The van der Waals surface area contributed by atoms with E-state index >= 15 is 0 Å². The van der Waals surface area contributed by atoms with Gasteiger partial charge in [0.15, 0.2) is 0 Å². The zero-order chi connectivity index (χ0) is 12.8. The van der Waals surface area contributed by atoms with Gasteiger partial charge in [0.25, 0.3) is 0 Å². The van der Waals surface area contributed by atoms with Crippen molar-refractivity contribution in [2.24, 2.45) is 5.84 Å². The SMILES string of the molecule is NNC(CCc1cccnc1)c1cncc(F)c1. The highest BCUT2D eigenvalue weighted by Crippen LogP contribution is 2.18. The summed E-state index contributed by atoms with van der Waals surface area (Å²) < 4.78 is 13.1. The van der Waals surface area contributed by atoms with Crippen LogP contribution < -0.4 is 11.3 Å². The molecule has 0 aliphatic rings. The van der Waals surface area contributed by atoms with Crippen molar-refractivity contribution in [3.63, 3.8) is 0 Å². The molecule has 0 amide bonds. The molecular formula is C13H15FN4. The Morgan fingerprint density at radius 2 is 2.17 bits per heavy atom. The molecule has 0 radical (unpaired) electrons. The molecule has 2 aromatic heterocycles. The van der Waals surface area contributed by atoms with E-state index in [1.54, 1.807) is 12.4 Å². The summed E-state index contributed by atoms with van der Waals surface area (Å²) in [5.74, 6) is 5.15. The molecule has 1 unspecified atom stereocenters. The van der Waals surface area contributed by atoms with Crippen molar-refractivity contribution in [3.05, 3.63) is 59.9 Å². The number of hydrazine groups is 1. The zero-order valence-electron chi connectivity index (χ0n) is 9.88. The van der Waals surface area contributed by atoms with Crippen molar-refractivity contribution in [3.8, 4) is 0 Å². The molecular weight excluding hydrogens is 231 g/mol. The summed E-state index contributed by atoms with van der Waals surface area (Å²) in [7, 11) is 0. The van der Waals surface area contributed by atoms with E-state index in [1.165, 1.54) is 12.3 Å². The quantitative estimate of drug-likeness (QED) is 0.623. The Morgan fingerprint density at radius 1 is 1.28 bits per heavy atom. The van der Waals surface area contributed by atoms with Gasteiger partial charge >= 0.3 is 0 Å². The van der Waals surface area contributed by atoms with Gasteiger partial charge in [0.2, 0.25) is 0 Å². The van der Waals surface area contributed by atoms with Gasteiger partial charge in [-0.05, 0) is 36.1 Å². The Morgan fingerprint density at radius 3 is 2.83 bits per heavy atom. The lowest BCUT2D eigenvalue weighted by atomic mass is 10.0. The number of aryl methyl sites for hydroxylation is 1. The third-order valence-corrected chi connectivity index (χ3v) is 2.77. The van der Waals surface area contributed by atoms with E-state index in [9.17, 15) is 4.39 Å². The minimum absolute atomic E-state index is 0.117. The first kappa shape index (κ1) is 12.6. The number of hydrogen-bond donors (Lipinski definition) is 2. The predicted octanol–water partition coefficient (Wildman–Crippen LogP) is 1.75. The summed E-state index contributed by atoms with van der Waals surface area (Å²) in [6.07, 6.45) is 7.93. The monoisotopic (exact) mass is 246 g/mol. The first-order chi connectivity index (χ1) is 8.79. The van der Waals surface area contributed by atoms with Crippen LogP contribution in [-0.4, -0.2) is 9.97 Å². The number of aromatic nitrogens is 2. The molecule has 2 aromatic rings. The Kier molecular flexibility index (Phi) is 4.33. The predicted molar refractivity (Wildman–Crippen MR) is 66.8 cm³/mol. The van der Waals surface area contributed by atoms with E-state index in [0.717, 1.165) is 24.0 Å². The molecule has 18 heavy (non-hydrogen) atoms. The first-order valence-corrected chi connectivity index (χ1v) is 5.75. The van der Waals surface area contributed by atoms with E-state index in [1.807, 2.05) is 18.3 Å². The van der Waals surface area contributed by atoms with E-state index in [-0.39, 0.29) is 11.9 Å². The summed E-state index contributed by atoms with van der Waals surface area (Å²) in [4.78, 5) is 7.88. The summed E-state index contributed by atoms with van der Waals surface area (Å²) in [6, 6.07) is 5.23. The van der Waals surface area contributed by atoms with E-state index < -0.39 is 0 Å². The van der Waals surface area contributed by atoms with E-state index in [4.69, 9.17) is 5.84 Å². The van der Waals surface area contributed by atoms with E-state index in [2.05, 4.69) is 15.4 Å². The van der Waals surface area contributed by atoms with Crippen molar-refractivity contribution in [1.82, 2.24) is 15.4 Å².